The third kappa shape index (κ3) is 3.70. The molecule has 0 saturated carbocycles. The molecule has 1 N–H and O–H groups in total. The molecule has 0 bridgehead atoms. The summed E-state index contributed by atoms with van der Waals surface area (Å²) in [5.41, 5.74) is 6.52. The van der Waals surface area contributed by atoms with Gasteiger partial charge in [0.15, 0.2) is 0 Å². The van der Waals surface area contributed by atoms with Crippen LogP contribution in [0.4, 0.5) is 0 Å². The molecule has 1 aromatic carbocycles. The van der Waals surface area contributed by atoms with Gasteiger partial charge in [-0.25, -0.2) is 0 Å². The van der Waals surface area contributed by atoms with E-state index in [1.54, 1.807) is 10.8 Å². The average molecular weight is 436 g/mol. The normalized spacial score (nSPS) is 19.7. The standard InChI is InChI=1S/C27H37NSSi/c1-17-18(2)25(30(8,9)28-27(6,7)16-26(3,4)5)20-14-15-22-24(23(17)20)19-12-10-11-13-21(19)29-22/h10-15,20,28H,16H2,1-9H3. The van der Waals surface area contributed by atoms with Crippen molar-refractivity contribution in [1.29, 1.82) is 0 Å². The van der Waals surface area contributed by atoms with Crippen LogP contribution in [0.1, 0.15) is 65.3 Å². The van der Waals surface area contributed by atoms with Gasteiger partial charge in [0.2, 0.25) is 0 Å². The summed E-state index contributed by atoms with van der Waals surface area (Å²) in [6, 6.07) is 8.92. The predicted octanol–water partition coefficient (Wildman–Crippen LogP) is 8.20. The number of thiophene rings is 1. The molecule has 2 aliphatic carbocycles. The summed E-state index contributed by atoms with van der Waals surface area (Å²) < 4.78 is 1.40. The lowest BCUT2D eigenvalue weighted by molar-refractivity contribution is 0.268. The molecule has 0 saturated heterocycles. The van der Waals surface area contributed by atoms with Crippen molar-refractivity contribution in [3.05, 3.63) is 57.1 Å². The van der Waals surface area contributed by atoms with Gasteiger partial charge in [0, 0.05) is 32.0 Å². The summed E-state index contributed by atoms with van der Waals surface area (Å²) in [6.45, 7) is 21.6. The van der Waals surface area contributed by atoms with E-state index in [2.05, 4.69) is 103 Å². The summed E-state index contributed by atoms with van der Waals surface area (Å²) in [5.74, 6) is 0.426. The monoisotopic (exact) mass is 435 g/mol. The zero-order valence-electron chi connectivity index (χ0n) is 20.2. The molecule has 4 rings (SSSR count). The van der Waals surface area contributed by atoms with Crippen LogP contribution in [0.3, 0.4) is 0 Å². The first-order valence-corrected chi connectivity index (χ1v) is 15.0. The first kappa shape index (κ1) is 21.8. The maximum atomic E-state index is 4.19. The smallest absolute Gasteiger partial charge is 0.149 e. The van der Waals surface area contributed by atoms with E-state index in [0.717, 1.165) is 0 Å². The summed E-state index contributed by atoms with van der Waals surface area (Å²) in [6.07, 6.45) is 6.04. The van der Waals surface area contributed by atoms with E-state index in [1.165, 1.54) is 38.1 Å². The van der Waals surface area contributed by atoms with E-state index in [4.69, 9.17) is 0 Å². The third-order valence-corrected chi connectivity index (χ3v) is 11.1. The van der Waals surface area contributed by atoms with Crippen molar-refractivity contribution in [2.24, 2.45) is 11.3 Å². The van der Waals surface area contributed by atoms with Crippen molar-refractivity contribution in [2.45, 2.75) is 73.5 Å². The van der Waals surface area contributed by atoms with Crippen LogP contribution in [-0.2, 0) is 0 Å². The highest BCUT2D eigenvalue weighted by Gasteiger charge is 2.44. The minimum absolute atomic E-state index is 0.122. The predicted molar refractivity (Wildman–Crippen MR) is 138 cm³/mol. The molecule has 1 nitrogen and oxygen atoms in total. The number of hydrogen-bond acceptors (Lipinski definition) is 2. The van der Waals surface area contributed by atoms with E-state index in [0.29, 0.717) is 11.3 Å². The topological polar surface area (TPSA) is 12.0 Å². The molecule has 0 spiro atoms. The van der Waals surface area contributed by atoms with Gasteiger partial charge in [0.05, 0.1) is 0 Å². The van der Waals surface area contributed by atoms with Crippen molar-refractivity contribution in [3.63, 3.8) is 0 Å². The summed E-state index contributed by atoms with van der Waals surface area (Å²) in [7, 11) is -1.85. The second kappa shape index (κ2) is 7.05. The first-order chi connectivity index (χ1) is 13.8. The molecule has 0 radical (unpaired) electrons. The van der Waals surface area contributed by atoms with E-state index in [1.807, 2.05) is 11.3 Å². The van der Waals surface area contributed by atoms with Crippen LogP contribution >= 0.6 is 11.3 Å². The second-order valence-electron chi connectivity index (χ2n) is 11.6. The van der Waals surface area contributed by atoms with Crippen LogP contribution in [0, 0.1) is 11.3 Å². The molecule has 0 fully saturated rings. The number of nitrogens with one attached hydrogen (secondary N) is 1. The van der Waals surface area contributed by atoms with Gasteiger partial charge in [-0.05, 0) is 62.8 Å². The molecular formula is C27H37NSSi. The van der Waals surface area contributed by atoms with Crippen LogP contribution in [-0.4, -0.2) is 13.8 Å². The van der Waals surface area contributed by atoms with Crippen molar-refractivity contribution < 1.29 is 0 Å². The molecule has 1 unspecified atom stereocenters. The average Bonchev–Trinajstić information content (AvgIpc) is 3.07. The van der Waals surface area contributed by atoms with Crippen molar-refractivity contribution in [3.8, 4) is 0 Å². The Bertz CT molecular complexity index is 1100. The van der Waals surface area contributed by atoms with Gasteiger partial charge in [0.25, 0.3) is 0 Å². The second-order valence-corrected chi connectivity index (χ2v) is 16.7. The summed E-state index contributed by atoms with van der Waals surface area (Å²) in [4.78, 5) is 5.62. The van der Waals surface area contributed by atoms with Gasteiger partial charge >= 0.3 is 0 Å². The van der Waals surface area contributed by atoms with Gasteiger partial charge in [-0.3, -0.25) is 0 Å². The molecule has 0 aliphatic heterocycles. The Morgan fingerprint density at radius 3 is 2.33 bits per heavy atom. The van der Waals surface area contributed by atoms with Gasteiger partial charge in [-0.2, -0.15) is 0 Å². The van der Waals surface area contributed by atoms with Crippen LogP contribution in [0.15, 0.2) is 46.7 Å². The maximum Gasteiger partial charge on any atom is 0.149 e. The van der Waals surface area contributed by atoms with Crippen LogP contribution in [0.5, 0.6) is 0 Å². The zero-order valence-corrected chi connectivity index (χ0v) is 22.0. The van der Waals surface area contributed by atoms with E-state index < -0.39 is 8.24 Å². The van der Waals surface area contributed by atoms with Crippen LogP contribution in [0.2, 0.25) is 13.1 Å². The highest BCUT2D eigenvalue weighted by atomic mass is 32.1. The Hall–Kier alpha value is -1.42. The summed E-state index contributed by atoms with van der Waals surface area (Å²) >= 11 is 1.93. The van der Waals surface area contributed by atoms with Crippen molar-refractivity contribution in [2.75, 3.05) is 0 Å². The fourth-order valence-corrected chi connectivity index (χ4v) is 11.5. The third-order valence-electron chi connectivity index (χ3n) is 6.62. The highest BCUT2D eigenvalue weighted by molar-refractivity contribution is 7.20. The minimum atomic E-state index is -1.85. The highest BCUT2D eigenvalue weighted by Crippen LogP contribution is 2.53. The lowest BCUT2D eigenvalue weighted by Gasteiger charge is -2.42. The number of allylic oxidation sites excluding steroid dienone is 5. The minimum Gasteiger partial charge on any atom is -0.329 e. The number of rotatable bonds is 4. The molecule has 160 valence electrons. The Balaban J connectivity index is 1.75. The molecule has 1 aromatic heterocycles. The molecule has 2 aromatic rings. The van der Waals surface area contributed by atoms with Gasteiger partial charge < -0.3 is 4.98 Å². The van der Waals surface area contributed by atoms with Crippen molar-refractivity contribution in [1.82, 2.24) is 4.98 Å². The Labute approximate surface area is 188 Å². The number of hydrogen-bond donors (Lipinski definition) is 1. The lowest BCUT2D eigenvalue weighted by Crippen LogP contribution is -2.59. The molecule has 0 amide bonds. The largest absolute Gasteiger partial charge is 0.329 e. The lowest BCUT2D eigenvalue weighted by atomic mass is 9.82. The van der Waals surface area contributed by atoms with Crippen molar-refractivity contribution >= 4 is 41.3 Å². The molecule has 2 aliphatic rings. The number of fused-ring (bicyclic) bond motifs is 5. The molecule has 1 atom stereocenters. The fraction of sp³-hybridized carbons (Fsp3) is 0.481. The summed E-state index contributed by atoms with van der Waals surface area (Å²) in [5, 5.41) is 3.10. The Morgan fingerprint density at radius 2 is 1.67 bits per heavy atom. The van der Waals surface area contributed by atoms with E-state index in [9.17, 15) is 0 Å². The molecular weight excluding hydrogens is 398 g/mol. The van der Waals surface area contributed by atoms with E-state index >= 15 is 0 Å². The SMILES string of the molecule is CC1=C2c3c(sc4ccccc34)C=CC2C([Si](C)(C)NC(C)(C)CC(C)(C)C)=C1C. The number of benzene rings is 1. The van der Waals surface area contributed by atoms with Gasteiger partial charge in [-0.15, -0.1) is 11.3 Å². The van der Waals surface area contributed by atoms with E-state index in [-0.39, 0.29) is 5.54 Å². The quantitative estimate of drug-likeness (QED) is 0.477. The fourth-order valence-electron chi connectivity index (χ4n) is 6.33. The first-order valence-electron chi connectivity index (χ1n) is 11.2. The molecule has 30 heavy (non-hydrogen) atoms. The van der Waals surface area contributed by atoms with Crippen LogP contribution < -0.4 is 4.98 Å². The molecule has 3 heteroatoms. The molecule has 1 heterocycles. The zero-order chi connectivity index (χ0) is 22.1. The Morgan fingerprint density at radius 1 is 1.00 bits per heavy atom. The van der Waals surface area contributed by atoms with Gasteiger partial charge in [-0.1, -0.05) is 68.9 Å². The van der Waals surface area contributed by atoms with Crippen LogP contribution in [0.25, 0.3) is 21.7 Å². The van der Waals surface area contributed by atoms with Gasteiger partial charge in [0.1, 0.15) is 8.24 Å². The Kier molecular flexibility index (Phi) is 5.12. The maximum absolute atomic E-state index is 4.19.